The maximum Gasteiger partial charge on any atom is 0.573 e. The molecule has 0 saturated heterocycles. The largest absolute Gasteiger partial charge is 0.573 e. The number of benzene rings is 1. The highest BCUT2D eigenvalue weighted by Gasteiger charge is 2.49. The third-order valence-corrected chi connectivity index (χ3v) is 8.08. The molecule has 1 heterocycles. The van der Waals surface area contributed by atoms with Gasteiger partial charge in [-0.2, -0.15) is 0 Å². The normalized spacial score (nSPS) is 27.6. The van der Waals surface area contributed by atoms with E-state index in [2.05, 4.69) is 16.9 Å². The number of alkyl halides is 3. The molecule has 1 aliphatic heterocycles. The number of methoxy groups -OCH3 is 1. The first-order chi connectivity index (χ1) is 15.9. The second-order valence-corrected chi connectivity index (χ2v) is 10.0. The molecule has 0 aromatic heterocycles. The Balaban J connectivity index is 1.63. The molecule has 0 spiro atoms. The van der Waals surface area contributed by atoms with E-state index >= 15 is 0 Å². The van der Waals surface area contributed by atoms with Crippen LogP contribution in [-0.4, -0.2) is 25.7 Å². The smallest absolute Gasteiger partial charge is 0.406 e. The average Bonchev–Trinajstić information content (AvgIpc) is 3.25. The van der Waals surface area contributed by atoms with Gasteiger partial charge < -0.3 is 14.2 Å². The zero-order valence-corrected chi connectivity index (χ0v) is 19.7. The Morgan fingerprint density at radius 1 is 0.788 bits per heavy atom. The lowest BCUT2D eigenvalue weighted by Gasteiger charge is -2.49. The zero-order chi connectivity index (χ0) is 23.4. The maximum absolute atomic E-state index is 12.6. The Bertz CT molecular complexity index is 753. The Hall–Kier alpha value is -1.53. The summed E-state index contributed by atoms with van der Waals surface area (Å²) in [5.74, 6) is 0.790. The van der Waals surface area contributed by atoms with Crippen LogP contribution in [0.15, 0.2) is 36.4 Å². The van der Waals surface area contributed by atoms with Crippen LogP contribution in [0.2, 0.25) is 0 Å². The molecule has 0 amide bonds. The standard InChI is InChI=1S/C27H37F3O3/c1-31-25(21-14-16-24(17-15-21)33-27(28,29)30)18-19-26(32-20-25,22-10-6-2-3-7-11-22)23-12-8-4-5-9-13-23/h14-19,22-23H,2-13,20H2,1H3. The molecule has 2 saturated carbocycles. The van der Waals surface area contributed by atoms with Gasteiger partial charge in [0.05, 0.1) is 12.2 Å². The summed E-state index contributed by atoms with van der Waals surface area (Å²) in [6.07, 6.45) is 14.7. The molecule has 3 aliphatic rings. The summed E-state index contributed by atoms with van der Waals surface area (Å²) in [5, 5.41) is 0. The molecular formula is C27H37F3O3. The van der Waals surface area contributed by atoms with Crippen molar-refractivity contribution in [3.05, 3.63) is 42.0 Å². The van der Waals surface area contributed by atoms with Crippen molar-refractivity contribution >= 4 is 0 Å². The summed E-state index contributed by atoms with van der Waals surface area (Å²) >= 11 is 0. The number of halogens is 3. The minimum absolute atomic E-state index is 0.232. The first kappa shape index (κ1) is 24.6. The highest BCUT2D eigenvalue weighted by atomic mass is 19.4. The van der Waals surface area contributed by atoms with Gasteiger partial charge in [0.25, 0.3) is 0 Å². The van der Waals surface area contributed by atoms with Gasteiger partial charge in [0.1, 0.15) is 11.4 Å². The fraction of sp³-hybridized carbons (Fsp3) is 0.704. The Morgan fingerprint density at radius 2 is 1.30 bits per heavy atom. The van der Waals surface area contributed by atoms with Crippen molar-refractivity contribution in [2.24, 2.45) is 11.8 Å². The van der Waals surface area contributed by atoms with Crippen LogP contribution in [-0.2, 0) is 15.1 Å². The van der Waals surface area contributed by atoms with Crippen molar-refractivity contribution in [1.82, 2.24) is 0 Å². The molecule has 0 radical (unpaired) electrons. The number of ether oxygens (including phenoxy) is 3. The SMILES string of the molecule is COC1(c2ccc(OC(F)(F)F)cc2)C=CC(C2CCCCCC2)(C2CCCCCC2)OC1. The molecule has 1 unspecified atom stereocenters. The summed E-state index contributed by atoms with van der Waals surface area (Å²) in [5.41, 5.74) is -0.308. The molecule has 0 bridgehead atoms. The van der Waals surface area contributed by atoms with Crippen LogP contribution in [0.1, 0.15) is 82.6 Å². The first-order valence-corrected chi connectivity index (χ1v) is 12.6. The van der Waals surface area contributed by atoms with Gasteiger partial charge in [0.15, 0.2) is 0 Å². The van der Waals surface area contributed by atoms with Crippen LogP contribution in [0.25, 0.3) is 0 Å². The predicted octanol–water partition coefficient (Wildman–Crippen LogP) is 7.69. The van der Waals surface area contributed by atoms with Crippen molar-refractivity contribution in [2.75, 3.05) is 13.7 Å². The van der Waals surface area contributed by atoms with Crippen LogP contribution in [0.3, 0.4) is 0 Å². The summed E-state index contributed by atoms with van der Waals surface area (Å²) in [6.45, 7) is 0.368. The van der Waals surface area contributed by atoms with Gasteiger partial charge in [-0.15, -0.1) is 13.2 Å². The van der Waals surface area contributed by atoms with Crippen molar-refractivity contribution in [2.45, 2.75) is 94.6 Å². The molecule has 1 aromatic carbocycles. The highest BCUT2D eigenvalue weighted by molar-refractivity contribution is 5.36. The van der Waals surface area contributed by atoms with Crippen LogP contribution in [0, 0.1) is 11.8 Å². The molecule has 3 nitrogen and oxygen atoms in total. The van der Waals surface area contributed by atoms with Gasteiger partial charge in [-0.25, -0.2) is 0 Å². The number of rotatable bonds is 5. The summed E-state index contributed by atoms with van der Waals surface area (Å²) in [7, 11) is 1.64. The van der Waals surface area contributed by atoms with E-state index in [1.54, 1.807) is 19.2 Å². The van der Waals surface area contributed by atoms with Crippen molar-refractivity contribution < 1.29 is 27.4 Å². The van der Waals surface area contributed by atoms with E-state index in [-0.39, 0.29) is 11.4 Å². The second kappa shape index (κ2) is 10.4. The van der Waals surface area contributed by atoms with Crippen LogP contribution < -0.4 is 4.74 Å². The third-order valence-electron chi connectivity index (χ3n) is 8.08. The predicted molar refractivity (Wildman–Crippen MR) is 122 cm³/mol. The quantitative estimate of drug-likeness (QED) is 0.329. The fourth-order valence-electron chi connectivity index (χ4n) is 6.26. The summed E-state index contributed by atoms with van der Waals surface area (Å²) in [4.78, 5) is 0. The molecule has 2 aliphatic carbocycles. The zero-order valence-electron chi connectivity index (χ0n) is 19.7. The Labute approximate surface area is 195 Å². The summed E-state index contributed by atoms with van der Waals surface area (Å²) in [6, 6.07) is 5.97. The van der Waals surface area contributed by atoms with Gasteiger partial charge in [0.2, 0.25) is 0 Å². The van der Waals surface area contributed by atoms with Gasteiger partial charge in [-0.3, -0.25) is 0 Å². The molecule has 33 heavy (non-hydrogen) atoms. The van der Waals surface area contributed by atoms with Gasteiger partial charge in [-0.05, 0) is 61.3 Å². The van der Waals surface area contributed by atoms with Gasteiger partial charge in [-0.1, -0.05) is 69.6 Å². The van der Waals surface area contributed by atoms with Crippen LogP contribution >= 0.6 is 0 Å². The van der Waals surface area contributed by atoms with Crippen molar-refractivity contribution in [1.29, 1.82) is 0 Å². The van der Waals surface area contributed by atoms with E-state index in [1.807, 2.05) is 0 Å². The van der Waals surface area contributed by atoms with E-state index in [4.69, 9.17) is 9.47 Å². The monoisotopic (exact) mass is 466 g/mol. The molecule has 184 valence electrons. The molecule has 2 fully saturated rings. The van der Waals surface area contributed by atoms with E-state index in [1.165, 1.54) is 89.2 Å². The molecule has 1 aromatic rings. The van der Waals surface area contributed by atoms with E-state index in [0.717, 1.165) is 5.56 Å². The summed E-state index contributed by atoms with van der Waals surface area (Å²) < 4.78 is 54.6. The Kier molecular flexibility index (Phi) is 7.74. The maximum atomic E-state index is 12.6. The lowest BCUT2D eigenvalue weighted by molar-refractivity contribution is -0.274. The van der Waals surface area contributed by atoms with Crippen molar-refractivity contribution in [3.8, 4) is 5.75 Å². The average molecular weight is 467 g/mol. The van der Waals surface area contributed by atoms with E-state index < -0.39 is 12.0 Å². The van der Waals surface area contributed by atoms with Crippen LogP contribution in [0.4, 0.5) is 13.2 Å². The third kappa shape index (κ3) is 5.59. The molecule has 4 rings (SSSR count). The van der Waals surface area contributed by atoms with Crippen molar-refractivity contribution in [3.63, 3.8) is 0 Å². The lowest BCUT2D eigenvalue weighted by atomic mass is 9.68. The van der Waals surface area contributed by atoms with E-state index in [0.29, 0.717) is 18.4 Å². The first-order valence-electron chi connectivity index (χ1n) is 12.6. The highest BCUT2D eigenvalue weighted by Crippen LogP contribution is 2.49. The minimum Gasteiger partial charge on any atom is -0.406 e. The molecule has 1 atom stereocenters. The topological polar surface area (TPSA) is 27.7 Å². The Morgan fingerprint density at radius 3 is 1.70 bits per heavy atom. The number of hydrogen-bond acceptors (Lipinski definition) is 3. The molecule has 6 heteroatoms. The minimum atomic E-state index is -4.70. The van der Waals surface area contributed by atoms with Crippen LogP contribution in [0.5, 0.6) is 5.75 Å². The number of hydrogen-bond donors (Lipinski definition) is 0. The molecular weight excluding hydrogens is 429 g/mol. The van der Waals surface area contributed by atoms with E-state index in [9.17, 15) is 13.2 Å². The lowest BCUT2D eigenvalue weighted by Crippen LogP contribution is -2.52. The second-order valence-electron chi connectivity index (χ2n) is 10.0. The fourth-order valence-corrected chi connectivity index (χ4v) is 6.26. The molecule has 0 N–H and O–H groups in total. The van der Waals surface area contributed by atoms with Gasteiger partial charge >= 0.3 is 6.36 Å². The van der Waals surface area contributed by atoms with Gasteiger partial charge in [0, 0.05) is 7.11 Å².